The van der Waals surface area contributed by atoms with Crippen LogP contribution >= 0.6 is 0 Å². The molecule has 0 N–H and O–H groups in total. The van der Waals surface area contributed by atoms with Crippen molar-refractivity contribution in [2.75, 3.05) is 12.0 Å². The van der Waals surface area contributed by atoms with E-state index in [2.05, 4.69) is 4.98 Å². The maximum atomic E-state index is 12.4. The molecule has 1 aromatic heterocycles. The number of rotatable bonds is 5. The molecule has 5 nitrogen and oxygen atoms in total. The van der Waals surface area contributed by atoms with E-state index < -0.39 is 0 Å². The number of methoxy groups -OCH3 is 1. The average molecular weight is 334 g/mol. The molecular weight excluding hydrogens is 316 g/mol. The highest BCUT2D eigenvalue weighted by atomic mass is 16.5. The Hall–Kier alpha value is -3.34. The highest BCUT2D eigenvalue weighted by molar-refractivity contribution is 6.01. The number of benzene rings is 2. The van der Waals surface area contributed by atoms with Crippen molar-refractivity contribution >= 4 is 17.3 Å². The van der Waals surface area contributed by atoms with Gasteiger partial charge in [0.15, 0.2) is 5.75 Å². The zero-order valence-corrected chi connectivity index (χ0v) is 14.0. The summed E-state index contributed by atoms with van der Waals surface area (Å²) in [7, 11) is 1.57. The van der Waals surface area contributed by atoms with Crippen LogP contribution in [0.5, 0.6) is 17.2 Å². The van der Waals surface area contributed by atoms with Crippen LogP contribution in [0.25, 0.3) is 0 Å². The van der Waals surface area contributed by atoms with Crippen molar-refractivity contribution in [1.82, 2.24) is 4.98 Å². The molecule has 25 heavy (non-hydrogen) atoms. The average Bonchev–Trinajstić information content (AvgIpc) is 2.64. The minimum atomic E-state index is -0.171. The minimum Gasteiger partial charge on any atom is -0.495 e. The van der Waals surface area contributed by atoms with Crippen molar-refractivity contribution in [1.29, 1.82) is 0 Å². The fraction of sp³-hybridized carbons (Fsp3) is 0.100. The van der Waals surface area contributed by atoms with E-state index in [-0.39, 0.29) is 5.91 Å². The summed E-state index contributed by atoms with van der Waals surface area (Å²) in [6.45, 7) is 1.49. The van der Waals surface area contributed by atoms with Crippen molar-refractivity contribution in [3.8, 4) is 17.2 Å². The molecule has 0 atom stereocenters. The molecule has 0 radical (unpaired) electrons. The van der Waals surface area contributed by atoms with Gasteiger partial charge in [-0.15, -0.1) is 0 Å². The molecule has 0 saturated carbocycles. The van der Waals surface area contributed by atoms with Gasteiger partial charge in [-0.05, 0) is 24.3 Å². The number of para-hydroxylation sites is 3. The molecule has 0 aliphatic rings. The molecule has 0 unspecified atom stereocenters. The molecule has 0 aliphatic carbocycles. The number of anilines is 2. The third-order valence-electron chi connectivity index (χ3n) is 3.61. The van der Waals surface area contributed by atoms with Crippen molar-refractivity contribution in [3.63, 3.8) is 0 Å². The predicted molar refractivity (Wildman–Crippen MR) is 96.6 cm³/mol. The van der Waals surface area contributed by atoms with E-state index in [9.17, 15) is 4.79 Å². The Bertz CT molecular complexity index is 866. The van der Waals surface area contributed by atoms with Gasteiger partial charge in [-0.1, -0.05) is 30.3 Å². The zero-order valence-electron chi connectivity index (χ0n) is 14.0. The van der Waals surface area contributed by atoms with Crippen LogP contribution in [0.4, 0.5) is 11.4 Å². The fourth-order valence-corrected chi connectivity index (χ4v) is 2.53. The third kappa shape index (κ3) is 3.61. The number of nitrogens with zero attached hydrogens (tertiary/aromatic N) is 2. The van der Waals surface area contributed by atoms with Crippen molar-refractivity contribution in [3.05, 3.63) is 73.1 Å². The molecule has 1 heterocycles. The number of carbonyl (C=O) groups is 1. The predicted octanol–water partition coefficient (Wildman–Crippen LogP) is 4.57. The SMILES string of the molecule is COc1ccccc1N(C(C)=O)c1cnccc1Oc1ccccc1. The van der Waals surface area contributed by atoms with E-state index in [0.717, 1.165) is 0 Å². The monoisotopic (exact) mass is 334 g/mol. The maximum Gasteiger partial charge on any atom is 0.228 e. The molecule has 126 valence electrons. The Balaban J connectivity index is 2.07. The number of hydrogen-bond acceptors (Lipinski definition) is 4. The Labute approximate surface area is 146 Å². The lowest BCUT2D eigenvalue weighted by Gasteiger charge is -2.24. The Morgan fingerprint density at radius 3 is 2.36 bits per heavy atom. The lowest BCUT2D eigenvalue weighted by atomic mass is 10.2. The summed E-state index contributed by atoms with van der Waals surface area (Å²) < 4.78 is 11.4. The van der Waals surface area contributed by atoms with Gasteiger partial charge in [0.25, 0.3) is 0 Å². The Kier molecular flexibility index (Phi) is 4.95. The van der Waals surface area contributed by atoms with Gasteiger partial charge in [0.05, 0.1) is 19.0 Å². The fourth-order valence-electron chi connectivity index (χ4n) is 2.53. The van der Waals surface area contributed by atoms with Crippen LogP contribution in [-0.4, -0.2) is 18.0 Å². The first kappa shape index (κ1) is 16.5. The van der Waals surface area contributed by atoms with Gasteiger partial charge >= 0.3 is 0 Å². The summed E-state index contributed by atoms with van der Waals surface area (Å²) in [4.78, 5) is 18.1. The summed E-state index contributed by atoms with van der Waals surface area (Å²) >= 11 is 0. The zero-order chi connectivity index (χ0) is 17.6. The van der Waals surface area contributed by atoms with Gasteiger partial charge in [0.2, 0.25) is 5.91 Å². The normalized spacial score (nSPS) is 10.2. The molecule has 5 heteroatoms. The molecular formula is C20H18N2O3. The van der Waals surface area contributed by atoms with E-state index in [0.29, 0.717) is 28.6 Å². The lowest BCUT2D eigenvalue weighted by Crippen LogP contribution is -2.24. The second-order valence-electron chi connectivity index (χ2n) is 5.28. The molecule has 0 fully saturated rings. The van der Waals surface area contributed by atoms with Crippen LogP contribution in [0.15, 0.2) is 73.1 Å². The minimum absolute atomic E-state index is 0.171. The van der Waals surface area contributed by atoms with Crippen LogP contribution in [0.3, 0.4) is 0 Å². The first-order valence-electron chi connectivity index (χ1n) is 7.81. The smallest absolute Gasteiger partial charge is 0.228 e. The summed E-state index contributed by atoms with van der Waals surface area (Å²) in [6, 6.07) is 18.5. The van der Waals surface area contributed by atoms with Crippen LogP contribution in [0, 0.1) is 0 Å². The van der Waals surface area contributed by atoms with Crippen molar-refractivity contribution < 1.29 is 14.3 Å². The largest absolute Gasteiger partial charge is 0.495 e. The summed E-state index contributed by atoms with van der Waals surface area (Å²) in [5.74, 6) is 1.63. The van der Waals surface area contributed by atoms with Crippen LogP contribution in [0.2, 0.25) is 0 Å². The molecule has 0 saturated heterocycles. The molecule has 1 amide bonds. The van der Waals surface area contributed by atoms with E-state index in [4.69, 9.17) is 9.47 Å². The first-order chi connectivity index (χ1) is 12.2. The maximum absolute atomic E-state index is 12.4. The quantitative estimate of drug-likeness (QED) is 0.686. The summed E-state index contributed by atoms with van der Waals surface area (Å²) in [5.41, 5.74) is 1.17. The van der Waals surface area contributed by atoms with Crippen LogP contribution in [0.1, 0.15) is 6.92 Å². The standard InChI is InChI=1S/C20H18N2O3/c1-15(23)22(17-10-6-7-11-19(17)24-2)18-14-21-13-12-20(18)25-16-8-4-3-5-9-16/h3-14H,1-2H3. The second kappa shape index (κ2) is 7.49. The van der Waals surface area contributed by atoms with Crippen LogP contribution < -0.4 is 14.4 Å². The van der Waals surface area contributed by atoms with Crippen molar-refractivity contribution in [2.45, 2.75) is 6.92 Å². The molecule has 2 aromatic carbocycles. The second-order valence-corrected chi connectivity index (χ2v) is 5.28. The molecule has 3 rings (SSSR count). The van der Waals surface area contributed by atoms with Gasteiger partial charge in [-0.2, -0.15) is 0 Å². The summed E-state index contributed by atoms with van der Waals surface area (Å²) in [6.07, 6.45) is 3.23. The number of carbonyl (C=O) groups excluding carboxylic acids is 1. The molecule has 0 aliphatic heterocycles. The topological polar surface area (TPSA) is 51.7 Å². The van der Waals surface area contributed by atoms with Gasteiger partial charge < -0.3 is 9.47 Å². The number of ether oxygens (including phenoxy) is 2. The van der Waals surface area contributed by atoms with Crippen LogP contribution in [-0.2, 0) is 4.79 Å². The highest BCUT2D eigenvalue weighted by Crippen LogP contribution is 2.39. The number of aromatic nitrogens is 1. The Morgan fingerprint density at radius 2 is 1.64 bits per heavy atom. The summed E-state index contributed by atoms with van der Waals surface area (Å²) in [5, 5.41) is 0. The van der Waals surface area contributed by atoms with E-state index in [1.165, 1.54) is 11.8 Å². The lowest BCUT2D eigenvalue weighted by molar-refractivity contribution is -0.115. The molecule has 3 aromatic rings. The van der Waals surface area contributed by atoms with Gasteiger partial charge in [0.1, 0.15) is 17.2 Å². The van der Waals surface area contributed by atoms with Gasteiger partial charge in [0, 0.05) is 19.2 Å². The van der Waals surface area contributed by atoms with Crippen molar-refractivity contribution in [2.24, 2.45) is 0 Å². The molecule has 0 spiro atoms. The number of hydrogen-bond donors (Lipinski definition) is 0. The highest BCUT2D eigenvalue weighted by Gasteiger charge is 2.22. The van der Waals surface area contributed by atoms with E-state index in [1.54, 1.807) is 31.6 Å². The number of pyridine rings is 1. The molecule has 0 bridgehead atoms. The first-order valence-corrected chi connectivity index (χ1v) is 7.81. The number of amides is 1. The van der Waals surface area contributed by atoms with E-state index >= 15 is 0 Å². The van der Waals surface area contributed by atoms with Gasteiger partial charge in [-0.3, -0.25) is 14.7 Å². The Morgan fingerprint density at radius 1 is 0.920 bits per heavy atom. The van der Waals surface area contributed by atoms with Gasteiger partial charge in [-0.25, -0.2) is 0 Å². The van der Waals surface area contributed by atoms with E-state index in [1.807, 2.05) is 48.5 Å². The third-order valence-corrected chi connectivity index (χ3v) is 3.61.